The van der Waals surface area contributed by atoms with Gasteiger partial charge in [-0.25, -0.2) is 4.98 Å². The largest absolute Gasteiger partial charge is 0.480 e. The van der Waals surface area contributed by atoms with Crippen molar-refractivity contribution >= 4 is 28.1 Å². The van der Waals surface area contributed by atoms with Crippen molar-refractivity contribution in [3.05, 3.63) is 54.6 Å². The van der Waals surface area contributed by atoms with Crippen molar-refractivity contribution in [2.75, 3.05) is 11.9 Å². The summed E-state index contributed by atoms with van der Waals surface area (Å²) in [5, 5.41) is 10.6. The molecular weight excluding hydrogens is 306 g/mol. The van der Waals surface area contributed by atoms with Gasteiger partial charge in [0.2, 0.25) is 0 Å². The first-order valence-corrected chi connectivity index (χ1v) is 7.49. The zero-order chi connectivity index (χ0) is 16.5. The van der Waals surface area contributed by atoms with Gasteiger partial charge in [-0.1, -0.05) is 0 Å². The van der Waals surface area contributed by atoms with E-state index in [1.165, 1.54) is 0 Å². The number of pyridine rings is 1. The molecule has 0 atom stereocenters. The molecule has 4 rings (SSSR count). The molecule has 3 aromatic heterocycles. The highest BCUT2D eigenvalue weighted by Crippen LogP contribution is 2.19. The van der Waals surface area contributed by atoms with E-state index in [-0.39, 0.29) is 12.5 Å². The third-order valence-corrected chi connectivity index (χ3v) is 3.65. The number of hydrogen-bond acceptors (Lipinski definition) is 4. The van der Waals surface area contributed by atoms with Crippen molar-refractivity contribution in [3.8, 4) is 5.75 Å². The monoisotopic (exact) mass is 321 g/mol. The van der Waals surface area contributed by atoms with E-state index in [0.717, 1.165) is 16.6 Å². The molecule has 0 fully saturated rings. The highest BCUT2D eigenvalue weighted by atomic mass is 16.5. The van der Waals surface area contributed by atoms with Gasteiger partial charge in [0.25, 0.3) is 5.91 Å². The molecule has 0 bridgehead atoms. The van der Waals surface area contributed by atoms with Crippen molar-refractivity contribution in [2.45, 2.75) is 6.92 Å². The first-order valence-electron chi connectivity index (χ1n) is 7.49. The summed E-state index contributed by atoms with van der Waals surface area (Å²) in [6.07, 6.45) is 5.53. The molecule has 0 unspecified atom stereocenters. The minimum atomic E-state index is -0.237. The zero-order valence-electron chi connectivity index (χ0n) is 13.0. The molecule has 0 aliphatic carbocycles. The fourth-order valence-corrected chi connectivity index (χ4v) is 2.58. The van der Waals surface area contributed by atoms with Gasteiger partial charge in [0.15, 0.2) is 18.0 Å². The van der Waals surface area contributed by atoms with Crippen molar-refractivity contribution in [3.63, 3.8) is 0 Å². The van der Waals surface area contributed by atoms with E-state index in [9.17, 15) is 4.79 Å². The smallest absolute Gasteiger partial charge is 0.262 e. The third-order valence-electron chi connectivity index (χ3n) is 3.65. The molecule has 0 radical (unpaired) electrons. The summed E-state index contributed by atoms with van der Waals surface area (Å²) >= 11 is 0. The number of H-pyrrole nitrogens is 1. The van der Waals surface area contributed by atoms with Crippen LogP contribution in [0.25, 0.3) is 16.6 Å². The lowest BCUT2D eigenvalue weighted by Crippen LogP contribution is -2.20. The van der Waals surface area contributed by atoms with Gasteiger partial charge >= 0.3 is 0 Å². The standard InChI is InChI=1S/C17H15N5O2/c1-11-9-22-6-2-3-15(17(22)19-11)24-10-16(23)20-13-5-4-12-8-18-21-14(12)7-13/h2-9H,10H2,1H3,(H,18,21)(H,20,23). The van der Waals surface area contributed by atoms with E-state index in [1.54, 1.807) is 12.3 Å². The number of aromatic amines is 1. The molecule has 120 valence electrons. The number of benzene rings is 1. The van der Waals surface area contributed by atoms with Gasteiger partial charge in [-0.05, 0) is 37.3 Å². The van der Waals surface area contributed by atoms with Crippen molar-refractivity contribution in [1.82, 2.24) is 19.6 Å². The summed E-state index contributed by atoms with van der Waals surface area (Å²) in [6, 6.07) is 9.20. The average molecular weight is 321 g/mol. The first-order chi connectivity index (χ1) is 11.7. The van der Waals surface area contributed by atoms with Crippen LogP contribution in [0.1, 0.15) is 5.69 Å². The maximum absolute atomic E-state index is 12.1. The molecule has 7 nitrogen and oxygen atoms in total. The van der Waals surface area contributed by atoms with Crippen LogP contribution in [0.2, 0.25) is 0 Å². The Morgan fingerprint density at radius 1 is 1.38 bits per heavy atom. The number of carbonyl (C=O) groups is 1. The van der Waals surface area contributed by atoms with Gasteiger partial charge in [-0.2, -0.15) is 5.10 Å². The number of ether oxygens (including phenoxy) is 1. The number of nitrogens with one attached hydrogen (secondary N) is 2. The topological polar surface area (TPSA) is 84.3 Å². The fraction of sp³-hybridized carbons (Fsp3) is 0.118. The lowest BCUT2D eigenvalue weighted by Gasteiger charge is -2.08. The van der Waals surface area contributed by atoms with Crippen LogP contribution in [0.5, 0.6) is 5.75 Å². The van der Waals surface area contributed by atoms with E-state index < -0.39 is 0 Å². The molecular formula is C17H15N5O2. The Hall–Kier alpha value is -3.35. The van der Waals surface area contributed by atoms with E-state index in [0.29, 0.717) is 17.1 Å². The Morgan fingerprint density at radius 2 is 2.29 bits per heavy atom. The molecule has 0 saturated heterocycles. The highest BCUT2D eigenvalue weighted by molar-refractivity contribution is 5.94. The Bertz CT molecular complexity index is 1030. The molecule has 24 heavy (non-hydrogen) atoms. The maximum atomic E-state index is 12.1. The summed E-state index contributed by atoms with van der Waals surface area (Å²) in [4.78, 5) is 16.5. The summed E-state index contributed by atoms with van der Waals surface area (Å²) in [6.45, 7) is 1.82. The number of nitrogens with zero attached hydrogens (tertiary/aromatic N) is 3. The summed E-state index contributed by atoms with van der Waals surface area (Å²) in [7, 11) is 0. The highest BCUT2D eigenvalue weighted by Gasteiger charge is 2.09. The minimum Gasteiger partial charge on any atom is -0.480 e. The SMILES string of the molecule is Cc1cn2cccc(OCC(=O)Nc3ccc4cn[nH]c4c3)c2n1. The maximum Gasteiger partial charge on any atom is 0.262 e. The molecule has 3 heterocycles. The summed E-state index contributed by atoms with van der Waals surface area (Å²) < 4.78 is 7.49. The Balaban J connectivity index is 1.45. The van der Waals surface area contributed by atoms with Gasteiger partial charge < -0.3 is 14.5 Å². The molecule has 4 aromatic rings. The van der Waals surface area contributed by atoms with E-state index in [4.69, 9.17) is 4.74 Å². The number of rotatable bonds is 4. The number of aryl methyl sites for hydroxylation is 1. The number of hydrogen-bond donors (Lipinski definition) is 2. The predicted molar refractivity (Wildman–Crippen MR) is 90.1 cm³/mol. The summed E-state index contributed by atoms with van der Waals surface area (Å²) in [5.41, 5.74) is 3.15. The third kappa shape index (κ3) is 2.67. The molecule has 2 N–H and O–H groups in total. The number of fused-ring (bicyclic) bond motifs is 2. The summed E-state index contributed by atoms with van der Waals surface area (Å²) in [5.74, 6) is 0.337. The second-order valence-electron chi connectivity index (χ2n) is 5.49. The van der Waals surface area contributed by atoms with Gasteiger partial charge in [0.05, 0.1) is 17.4 Å². The number of anilines is 1. The van der Waals surface area contributed by atoms with Gasteiger partial charge in [0, 0.05) is 23.5 Å². The van der Waals surface area contributed by atoms with Gasteiger partial charge in [-0.3, -0.25) is 9.89 Å². The van der Waals surface area contributed by atoms with Gasteiger partial charge in [-0.15, -0.1) is 0 Å². The lowest BCUT2D eigenvalue weighted by atomic mass is 10.2. The molecule has 7 heteroatoms. The zero-order valence-corrected chi connectivity index (χ0v) is 13.0. The van der Waals surface area contributed by atoms with Crippen LogP contribution in [0.15, 0.2) is 48.9 Å². The molecule has 0 spiro atoms. The second kappa shape index (κ2) is 5.69. The molecule has 1 amide bonds. The second-order valence-corrected chi connectivity index (χ2v) is 5.49. The van der Waals surface area contributed by atoms with E-state index in [2.05, 4.69) is 20.5 Å². The Kier molecular flexibility index (Phi) is 3.38. The molecule has 0 saturated carbocycles. The van der Waals surface area contributed by atoms with Crippen LogP contribution in [0.3, 0.4) is 0 Å². The van der Waals surface area contributed by atoms with Gasteiger partial charge in [0.1, 0.15) is 0 Å². The Morgan fingerprint density at radius 3 is 3.21 bits per heavy atom. The minimum absolute atomic E-state index is 0.0907. The molecule has 1 aromatic carbocycles. The first kappa shape index (κ1) is 14.3. The van der Waals surface area contributed by atoms with Crippen molar-refractivity contribution in [2.24, 2.45) is 0 Å². The average Bonchev–Trinajstić information content (AvgIpc) is 3.17. The van der Waals surface area contributed by atoms with Crippen LogP contribution in [0.4, 0.5) is 5.69 Å². The van der Waals surface area contributed by atoms with Crippen molar-refractivity contribution < 1.29 is 9.53 Å². The van der Waals surface area contributed by atoms with Crippen LogP contribution in [-0.2, 0) is 4.79 Å². The Labute approximate surface area is 137 Å². The molecule has 0 aliphatic rings. The number of aromatic nitrogens is 4. The fourth-order valence-electron chi connectivity index (χ4n) is 2.58. The van der Waals surface area contributed by atoms with E-state index in [1.807, 2.05) is 48.0 Å². The lowest BCUT2D eigenvalue weighted by molar-refractivity contribution is -0.118. The normalized spacial score (nSPS) is 11.0. The quantitative estimate of drug-likeness (QED) is 0.605. The van der Waals surface area contributed by atoms with Crippen LogP contribution in [-0.4, -0.2) is 32.1 Å². The number of amides is 1. The molecule has 0 aliphatic heterocycles. The van der Waals surface area contributed by atoms with Crippen LogP contribution >= 0.6 is 0 Å². The number of carbonyl (C=O) groups excluding carboxylic acids is 1. The van der Waals surface area contributed by atoms with Crippen LogP contribution < -0.4 is 10.1 Å². The van der Waals surface area contributed by atoms with Crippen molar-refractivity contribution in [1.29, 1.82) is 0 Å². The number of imidazole rings is 1. The van der Waals surface area contributed by atoms with E-state index >= 15 is 0 Å². The predicted octanol–water partition coefficient (Wildman–Crippen LogP) is 2.54. The van der Waals surface area contributed by atoms with Crippen LogP contribution in [0, 0.1) is 6.92 Å².